The topological polar surface area (TPSA) is 123 Å². The SMILES string of the molecule is C.CN1CCN(CC(=O)NCCN)CC1.CN1CCN(CC(=O)NCCN)CC1. The Labute approximate surface area is 176 Å². The van der Waals surface area contributed by atoms with E-state index >= 15 is 0 Å². The van der Waals surface area contributed by atoms with E-state index in [9.17, 15) is 9.59 Å². The zero-order valence-electron chi connectivity index (χ0n) is 17.7. The van der Waals surface area contributed by atoms with E-state index in [0.717, 1.165) is 52.4 Å². The summed E-state index contributed by atoms with van der Waals surface area (Å²) in [6.07, 6.45) is 0. The van der Waals surface area contributed by atoms with Gasteiger partial charge < -0.3 is 31.9 Å². The Morgan fingerprint density at radius 3 is 1.28 bits per heavy atom. The number of carbonyl (C=O) groups excluding carboxylic acids is 2. The van der Waals surface area contributed by atoms with Gasteiger partial charge in [-0.25, -0.2) is 0 Å². The summed E-state index contributed by atoms with van der Waals surface area (Å²) < 4.78 is 0. The average Bonchev–Trinajstić information content (AvgIpc) is 2.69. The summed E-state index contributed by atoms with van der Waals surface area (Å²) in [5, 5.41) is 5.54. The third-order valence-electron chi connectivity index (χ3n) is 4.86. The molecule has 0 aromatic carbocycles. The van der Waals surface area contributed by atoms with Crippen molar-refractivity contribution in [2.75, 3.05) is 106 Å². The molecule has 6 N–H and O–H groups in total. The number of nitrogens with one attached hydrogen (secondary N) is 2. The van der Waals surface area contributed by atoms with E-state index in [0.29, 0.717) is 39.3 Å². The molecule has 0 saturated carbocycles. The van der Waals surface area contributed by atoms with Crippen molar-refractivity contribution in [3.8, 4) is 0 Å². The van der Waals surface area contributed by atoms with Crippen LogP contribution in [0.3, 0.4) is 0 Å². The molecule has 172 valence electrons. The maximum atomic E-state index is 11.3. The lowest BCUT2D eigenvalue weighted by Gasteiger charge is -2.31. The molecule has 2 fully saturated rings. The molecule has 0 radical (unpaired) electrons. The van der Waals surface area contributed by atoms with Crippen molar-refractivity contribution in [2.45, 2.75) is 7.43 Å². The van der Waals surface area contributed by atoms with Crippen LogP contribution in [-0.4, -0.2) is 137 Å². The van der Waals surface area contributed by atoms with E-state index in [1.165, 1.54) is 0 Å². The van der Waals surface area contributed by atoms with Crippen molar-refractivity contribution in [1.29, 1.82) is 0 Å². The molecule has 2 aliphatic rings. The number of nitrogens with two attached hydrogens (primary N) is 2. The fraction of sp³-hybridized carbons (Fsp3) is 0.895. The predicted octanol–water partition coefficient (Wildman–Crippen LogP) is -2.75. The monoisotopic (exact) mass is 416 g/mol. The number of likely N-dealkylation sites (N-methyl/N-ethyl adjacent to an activating group) is 2. The first-order chi connectivity index (χ1) is 13.4. The summed E-state index contributed by atoms with van der Waals surface area (Å²) in [5.74, 6) is 0.167. The van der Waals surface area contributed by atoms with Gasteiger partial charge >= 0.3 is 0 Å². The number of hydrogen-bond donors (Lipinski definition) is 4. The Hall–Kier alpha value is -1.30. The van der Waals surface area contributed by atoms with Gasteiger partial charge in [-0.15, -0.1) is 0 Å². The van der Waals surface area contributed by atoms with Gasteiger partial charge in [-0.3, -0.25) is 19.4 Å². The molecule has 0 spiro atoms. The number of piperazine rings is 2. The first kappa shape index (κ1) is 27.7. The molecule has 2 saturated heterocycles. The summed E-state index contributed by atoms with van der Waals surface area (Å²) in [6.45, 7) is 11.3. The van der Waals surface area contributed by atoms with Crippen molar-refractivity contribution in [1.82, 2.24) is 30.2 Å². The molecular formula is C19H44N8O2. The maximum Gasteiger partial charge on any atom is 0.234 e. The van der Waals surface area contributed by atoms with Crippen LogP contribution in [0, 0.1) is 0 Å². The lowest BCUT2D eigenvalue weighted by atomic mass is 10.3. The van der Waals surface area contributed by atoms with E-state index in [1.54, 1.807) is 0 Å². The average molecular weight is 417 g/mol. The lowest BCUT2D eigenvalue weighted by molar-refractivity contribution is -0.123. The van der Waals surface area contributed by atoms with Crippen LogP contribution >= 0.6 is 0 Å². The highest BCUT2D eigenvalue weighted by atomic mass is 16.2. The summed E-state index contributed by atoms with van der Waals surface area (Å²) in [6, 6.07) is 0. The van der Waals surface area contributed by atoms with Crippen molar-refractivity contribution in [2.24, 2.45) is 11.5 Å². The third kappa shape index (κ3) is 13.5. The van der Waals surface area contributed by atoms with Crippen LogP contribution in [0.4, 0.5) is 0 Å². The highest BCUT2D eigenvalue weighted by molar-refractivity contribution is 5.78. The van der Waals surface area contributed by atoms with Gasteiger partial charge in [0.25, 0.3) is 0 Å². The van der Waals surface area contributed by atoms with Crippen LogP contribution in [0.1, 0.15) is 7.43 Å². The van der Waals surface area contributed by atoms with E-state index in [-0.39, 0.29) is 19.2 Å². The quantitative estimate of drug-likeness (QED) is 0.336. The number of carbonyl (C=O) groups is 2. The minimum atomic E-state index is 0. The summed E-state index contributed by atoms with van der Waals surface area (Å²) >= 11 is 0. The molecule has 0 aromatic rings. The van der Waals surface area contributed by atoms with Gasteiger partial charge in [-0.1, -0.05) is 7.43 Å². The van der Waals surface area contributed by atoms with Gasteiger partial charge in [-0.05, 0) is 14.1 Å². The molecule has 2 amide bonds. The van der Waals surface area contributed by atoms with Gasteiger partial charge in [0.15, 0.2) is 0 Å². The Bertz CT molecular complexity index is 396. The summed E-state index contributed by atoms with van der Waals surface area (Å²) in [5.41, 5.74) is 10.6. The van der Waals surface area contributed by atoms with Crippen LogP contribution in [0.15, 0.2) is 0 Å². The molecule has 2 aliphatic heterocycles. The molecule has 0 bridgehead atoms. The molecular weight excluding hydrogens is 372 g/mol. The fourth-order valence-corrected chi connectivity index (χ4v) is 2.95. The molecule has 2 rings (SSSR count). The Balaban J connectivity index is 0.000000523. The molecule has 0 atom stereocenters. The van der Waals surface area contributed by atoms with Crippen LogP contribution in [-0.2, 0) is 9.59 Å². The normalized spacial score (nSPS) is 18.9. The van der Waals surface area contributed by atoms with Gasteiger partial charge in [0.1, 0.15) is 0 Å². The molecule has 2 heterocycles. The van der Waals surface area contributed by atoms with Gasteiger partial charge in [-0.2, -0.15) is 0 Å². The second kappa shape index (κ2) is 16.5. The molecule has 10 heteroatoms. The highest BCUT2D eigenvalue weighted by Gasteiger charge is 2.16. The summed E-state index contributed by atoms with van der Waals surface area (Å²) in [7, 11) is 4.21. The standard InChI is InChI=1S/2C9H20N4O.CH4/c2*1-12-4-6-13(7-5-12)8-9(14)11-3-2-10;/h2*2-8,10H2,1H3,(H,11,14);1H4. The van der Waals surface area contributed by atoms with Crippen molar-refractivity contribution in [3.05, 3.63) is 0 Å². The van der Waals surface area contributed by atoms with Crippen LogP contribution in [0.25, 0.3) is 0 Å². The predicted molar refractivity (Wildman–Crippen MR) is 119 cm³/mol. The van der Waals surface area contributed by atoms with Crippen LogP contribution in [0.5, 0.6) is 0 Å². The molecule has 10 nitrogen and oxygen atoms in total. The first-order valence-corrected chi connectivity index (χ1v) is 10.2. The molecule has 29 heavy (non-hydrogen) atoms. The van der Waals surface area contributed by atoms with Gasteiger partial charge in [0, 0.05) is 78.5 Å². The van der Waals surface area contributed by atoms with Crippen LogP contribution < -0.4 is 22.1 Å². The van der Waals surface area contributed by atoms with Gasteiger partial charge in [0.05, 0.1) is 13.1 Å². The minimum Gasteiger partial charge on any atom is -0.354 e. The zero-order chi connectivity index (χ0) is 20.8. The third-order valence-corrected chi connectivity index (χ3v) is 4.86. The Morgan fingerprint density at radius 2 is 1.00 bits per heavy atom. The van der Waals surface area contributed by atoms with Crippen molar-refractivity contribution < 1.29 is 9.59 Å². The number of amides is 2. The molecule has 0 aliphatic carbocycles. The fourth-order valence-electron chi connectivity index (χ4n) is 2.95. The van der Waals surface area contributed by atoms with Crippen molar-refractivity contribution in [3.63, 3.8) is 0 Å². The second-order valence-electron chi connectivity index (χ2n) is 7.44. The van der Waals surface area contributed by atoms with E-state index in [2.05, 4.69) is 44.3 Å². The lowest BCUT2D eigenvalue weighted by Crippen LogP contribution is -2.48. The Kier molecular flexibility index (Phi) is 15.8. The first-order valence-electron chi connectivity index (χ1n) is 10.2. The van der Waals surface area contributed by atoms with Crippen LogP contribution in [0.2, 0.25) is 0 Å². The van der Waals surface area contributed by atoms with Crippen molar-refractivity contribution >= 4 is 11.8 Å². The summed E-state index contributed by atoms with van der Waals surface area (Å²) in [4.78, 5) is 31.5. The highest BCUT2D eigenvalue weighted by Crippen LogP contribution is 1.98. The zero-order valence-corrected chi connectivity index (χ0v) is 17.7. The van der Waals surface area contributed by atoms with E-state index < -0.39 is 0 Å². The maximum absolute atomic E-state index is 11.3. The number of nitrogens with zero attached hydrogens (tertiary/aromatic N) is 4. The number of hydrogen-bond acceptors (Lipinski definition) is 8. The van der Waals surface area contributed by atoms with E-state index in [1.807, 2.05) is 0 Å². The van der Waals surface area contributed by atoms with Gasteiger partial charge in [0.2, 0.25) is 11.8 Å². The largest absolute Gasteiger partial charge is 0.354 e. The smallest absolute Gasteiger partial charge is 0.234 e. The second-order valence-corrected chi connectivity index (χ2v) is 7.44. The minimum absolute atomic E-state index is 0. The number of rotatable bonds is 8. The molecule has 0 aromatic heterocycles. The van der Waals surface area contributed by atoms with E-state index in [4.69, 9.17) is 11.5 Å². The Morgan fingerprint density at radius 1 is 0.690 bits per heavy atom. The molecule has 0 unspecified atom stereocenters.